The van der Waals surface area contributed by atoms with Crippen LogP contribution in [0.4, 0.5) is 0 Å². The third kappa shape index (κ3) is 3.27. The van der Waals surface area contributed by atoms with E-state index in [1.54, 1.807) is 0 Å². The molecule has 0 rings (SSSR count). The average molecular weight is 117 g/mol. The summed E-state index contributed by atoms with van der Waals surface area (Å²) in [6.07, 6.45) is 0. The quantitative estimate of drug-likeness (QED) is 0.159. The maximum Gasteiger partial charge on any atom is 0.341 e. The van der Waals surface area contributed by atoms with E-state index in [-0.39, 0.29) is 12.0 Å². The normalized spacial score (nSPS) is 12.1. The molecule has 0 fully saturated rings. The van der Waals surface area contributed by atoms with Crippen LogP contribution in [0.5, 0.6) is 0 Å². The van der Waals surface area contributed by atoms with Crippen molar-refractivity contribution in [1.82, 2.24) is 5.32 Å². The topological polar surface area (TPSA) is 75.1 Å². The molecule has 0 radical (unpaired) electrons. The van der Waals surface area contributed by atoms with Crippen molar-refractivity contribution in [3.05, 3.63) is 5.21 Å². The summed E-state index contributed by atoms with van der Waals surface area (Å²) in [4.78, 5) is 0. The molecule has 4 nitrogen and oxygen atoms in total. The SMILES string of the molecule is CC(C)N/C(N)=[NH+]\[O-]. The highest BCUT2D eigenvalue weighted by Gasteiger charge is 1.96. The molecule has 0 aliphatic heterocycles. The van der Waals surface area contributed by atoms with Gasteiger partial charge in [0.2, 0.25) is 0 Å². The Morgan fingerprint density at radius 3 is 2.38 bits per heavy atom. The summed E-state index contributed by atoms with van der Waals surface area (Å²) in [5.41, 5.74) is 5.06. The van der Waals surface area contributed by atoms with Crippen molar-refractivity contribution in [3.8, 4) is 0 Å². The van der Waals surface area contributed by atoms with Crippen LogP contribution in [-0.2, 0) is 0 Å². The lowest BCUT2D eigenvalue weighted by Crippen LogP contribution is -2.73. The first-order valence-electron chi connectivity index (χ1n) is 2.44. The Hall–Kier alpha value is -0.930. The lowest BCUT2D eigenvalue weighted by Gasteiger charge is -2.01. The molecule has 0 aliphatic carbocycles. The molecule has 4 heteroatoms. The van der Waals surface area contributed by atoms with E-state index in [9.17, 15) is 5.21 Å². The van der Waals surface area contributed by atoms with E-state index in [1.165, 1.54) is 5.16 Å². The summed E-state index contributed by atoms with van der Waals surface area (Å²) in [6.45, 7) is 3.79. The third-order valence-corrected chi connectivity index (χ3v) is 0.554. The van der Waals surface area contributed by atoms with E-state index in [0.717, 1.165) is 0 Å². The van der Waals surface area contributed by atoms with Gasteiger partial charge in [0.05, 0.1) is 6.04 Å². The van der Waals surface area contributed by atoms with Crippen LogP contribution in [-0.4, -0.2) is 12.0 Å². The van der Waals surface area contributed by atoms with Gasteiger partial charge >= 0.3 is 5.96 Å². The minimum atomic E-state index is 0.0694. The Bertz CT molecular complexity index is 89.3. The molecule has 0 atom stereocenters. The molecule has 0 saturated heterocycles. The highest BCUT2D eigenvalue weighted by Crippen LogP contribution is 1.69. The van der Waals surface area contributed by atoms with Crippen molar-refractivity contribution >= 4 is 5.96 Å². The van der Waals surface area contributed by atoms with Crippen molar-refractivity contribution in [1.29, 1.82) is 0 Å². The van der Waals surface area contributed by atoms with E-state index in [1.807, 2.05) is 13.8 Å². The highest BCUT2D eigenvalue weighted by atomic mass is 16.4. The van der Waals surface area contributed by atoms with E-state index in [0.29, 0.717) is 0 Å². The predicted molar refractivity (Wildman–Crippen MR) is 31.8 cm³/mol. The fourth-order valence-corrected chi connectivity index (χ4v) is 0.340. The molecule has 8 heavy (non-hydrogen) atoms. The molecular formula is C4H11N3O. The second-order valence-electron chi connectivity index (χ2n) is 1.81. The molecule has 0 aliphatic rings. The van der Waals surface area contributed by atoms with Crippen LogP contribution in [0.3, 0.4) is 0 Å². The van der Waals surface area contributed by atoms with E-state index < -0.39 is 0 Å². The maximum atomic E-state index is 9.69. The molecule has 0 spiro atoms. The van der Waals surface area contributed by atoms with Crippen molar-refractivity contribution in [3.63, 3.8) is 0 Å². The lowest BCUT2D eigenvalue weighted by molar-refractivity contribution is -0.377. The molecule has 0 unspecified atom stereocenters. The number of hydrogen-bond donors (Lipinski definition) is 3. The summed E-state index contributed by atoms with van der Waals surface area (Å²) in [6, 6.07) is 0.205. The van der Waals surface area contributed by atoms with Gasteiger partial charge in [0.25, 0.3) is 0 Å². The Kier molecular flexibility index (Phi) is 2.76. The van der Waals surface area contributed by atoms with E-state index in [2.05, 4.69) is 5.32 Å². The first-order chi connectivity index (χ1) is 3.66. The number of nitrogens with one attached hydrogen (secondary N) is 2. The zero-order valence-electron chi connectivity index (χ0n) is 5.06. The van der Waals surface area contributed by atoms with Gasteiger partial charge in [0.15, 0.2) is 0 Å². The first kappa shape index (κ1) is 7.07. The van der Waals surface area contributed by atoms with Gasteiger partial charge in [-0.05, 0) is 13.8 Å². The molecule has 0 aromatic carbocycles. The smallest absolute Gasteiger partial charge is 0.341 e. The van der Waals surface area contributed by atoms with Crippen LogP contribution < -0.4 is 16.2 Å². The van der Waals surface area contributed by atoms with Crippen LogP contribution >= 0.6 is 0 Å². The Morgan fingerprint density at radius 2 is 2.25 bits per heavy atom. The van der Waals surface area contributed by atoms with Crippen molar-refractivity contribution < 1.29 is 5.16 Å². The maximum absolute atomic E-state index is 9.69. The highest BCUT2D eigenvalue weighted by molar-refractivity contribution is 5.71. The Balaban J connectivity index is 3.39. The molecule has 0 aromatic heterocycles. The van der Waals surface area contributed by atoms with Gasteiger partial charge in [-0.15, -0.1) is 0 Å². The lowest BCUT2D eigenvalue weighted by atomic mass is 10.4. The third-order valence-electron chi connectivity index (χ3n) is 0.554. The molecule has 48 valence electrons. The molecule has 0 amide bonds. The standard InChI is InChI=1S/C4H11N3O/c1-3(2)6-4(5)7-8/h3,6-7H,5H2,1-2H3/b7-4-. The summed E-state index contributed by atoms with van der Waals surface area (Å²) < 4.78 is 0. The van der Waals surface area contributed by atoms with Gasteiger partial charge in [0.1, 0.15) is 0 Å². The minimum absolute atomic E-state index is 0.0694. The van der Waals surface area contributed by atoms with Crippen LogP contribution in [0.15, 0.2) is 0 Å². The minimum Gasteiger partial charge on any atom is -0.747 e. The zero-order chi connectivity index (χ0) is 6.57. The van der Waals surface area contributed by atoms with E-state index in [4.69, 9.17) is 5.73 Å². The number of rotatable bonds is 1. The molecule has 4 N–H and O–H groups in total. The zero-order valence-corrected chi connectivity index (χ0v) is 5.06. The van der Waals surface area contributed by atoms with Crippen molar-refractivity contribution in [2.24, 2.45) is 5.73 Å². The van der Waals surface area contributed by atoms with Crippen LogP contribution in [0.2, 0.25) is 0 Å². The van der Waals surface area contributed by atoms with Crippen LogP contribution in [0, 0.1) is 5.21 Å². The van der Waals surface area contributed by atoms with Gasteiger partial charge < -0.3 is 5.21 Å². The van der Waals surface area contributed by atoms with Gasteiger partial charge in [-0.2, -0.15) is 0 Å². The number of guanidine groups is 1. The molecule has 0 bridgehead atoms. The summed E-state index contributed by atoms with van der Waals surface area (Å²) in [7, 11) is 0. The number of nitrogens with two attached hydrogens (primary N) is 1. The molecular weight excluding hydrogens is 106 g/mol. The Morgan fingerprint density at radius 1 is 1.75 bits per heavy atom. The summed E-state index contributed by atoms with van der Waals surface area (Å²) in [5, 5.41) is 13.9. The van der Waals surface area contributed by atoms with Crippen LogP contribution in [0.25, 0.3) is 0 Å². The average Bonchev–Trinajstić information content (AvgIpc) is 1.65. The van der Waals surface area contributed by atoms with Gasteiger partial charge in [-0.1, -0.05) is 0 Å². The number of hydrogen-bond acceptors (Lipinski definition) is 1. The monoisotopic (exact) mass is 117 g/mol. The van der Waals surface area contributed by atoms with Gasteiger partial charge in [-0.25, -0.2) is 0 Å². The fraction of sp³-hybridized carbons (Fsp3) is 0.750. The van der Waals surface area contributed by atoms with Crippen molar-refractivity contribution in [2.45, 2.75) is 19.9 Å². The largest absolute Gasteiger partial charge is 0.747 e. The van der Waals surface area contributed by atoms with Crippen molar-refractivity contribution in [2.75, 3.05) is 0 Å². The fourth-order valence-electron chi connectivity index (χ4n) is 0.340. The van der Waals surface area contributed by atoms with Crippen LogP contribution in [0.1, 0.15) is 13.8 Å². The van der Waals surface area contributed by atoms with Gasteiger partial charge in [-0.3, -0.25) is 16.2 Å². The molecule has 0 heterocycles. The first-order valence-corrected chi connectivity index (χ1v) is 2.44. The second-order valence-corrected chi connectivity index (χ2v) is 1.81. The predicted octanol–water partition coefficient (Wildman–Crippen LogP) is -2.12. The summed E-state index contributed by atoms with van der Waals surface area (Å²) in [5.74, 6) is 0.0694. The Labute approximate surface area is 48.4 Å². The van der Waals surface area contributed by atoms with E-state index >= 15 is 0 Å². The van der Waals surface area contributed by atoms with Gasteiger partial charge in [0, 0.05) is 0 Å². The molecule has 0 saturated carbocycles. The second kappa shape index (κ2) is 3.12. The summed E-state index contributed by atoms with van der Waals surface area (Å²) >= 11 is 0. The molecule has 0 aromatic rings.